The van der Waals surface area contributed by atoms with Gasteiger partial charge in [-0.25, -0.2) is 14.2 Å². The Kier molecular flexibility index (Phi) is 3.47. The lowest BCUT2D eigenvalue weighted by atomic mass is 10.2. The first-order valence-corrected chi connectivity index (χ1v) is 5.92. The molecule has 94 valence electrons. The van der Waals surface area contributed by atoms with Crippen molar-refractivity contribution in [3.05, 3.63) is 39.9 Å². The van der Waals surface area contributed by atoms with Crippen LogP contribution in [-0.4, -0.2) is 23.0 Å². The summed E-state index contributed by atoms with van der Waals surface area (Å²) in [6.07, 6.45) is 0. The fraction of sp³-hybridized carbons (Fsp3) is 0.167. The Hall–Kier alpha value is -1.69. The molecule has 6 heteroatoms. The third-order valence-electron chi connectivity index (χ3n) is 2.45. The molecule has 0 aliphatic carbocycles. The van der Waals surface area contributed by atoms with Crippen molar-refractivity contribution in [1.29, 1.82) is 0 Å². The van der Waals surface area contributed by atoms with Crippen molar-refractivity contribution in [3.8, 4) is 11.4 Å². The van der Waals surface area contributed by atoms with Crippen molar-refractivity contribution >= 4 is 21.9 Å². The number of ether oxygens (including phenoxy) is 1. The molecule has 0 spiro atoms. The quantitative estimate of drug-likeness (QED) is 0.867. The van der Waals surface area contributed by atoms with Crippen LogP contribution in [0.1, 0.15) is 16.2 Å². The van der Waals surface area contributed by atoms with Gasteiger partial charge in [-0.2, -0.15) is 0 Å². The molecular formula is C12H10BrFN2O2. The average molecular weight is 313 g/mol. The molecule has 2 rings (SSSR count). The third kappa shape index (κ3) is 2.28. The molecule has 0 radical (unpaired) electrons. The molecule has 0 unspecified atom stereocenters. The minimum atomic E-state index is -0.551. The van der Waals surface area contributed by atoms with Gasteiger partial charge >= 0.3 is 5.97 Å². The van der Waals surface area contributed by atoms with E-state index in [2.05, 4.69) is 30.6 Å². The van der Waals surface area contributed by atoms with E-state index in [0.717, 1.165) is 4.47 Å². The van der Waals surface area contributed by atoms with Crippen LogP contribution in [0.25, 0.3) is 11.4 Å². The molecule has 4 nitrogen and oxygen atoms in total. The average Bonchev–Trinajstić information content (AvgIpc) is 2.73. The molecule has 1 aromatic carbocycles. The summed E-state index contributed by atoms with van der Waals surface area (Å²) < 4.78 is 19.0. The maximum absolute atomic E-state index is 13.7. The number of aromatic amines is 1. The second-order valence-electron chi connectivity index (χ2n) is 3.67. The summed E-state index contributed by atoms with van der Waals surface area (Å²) in [6, 6.07) is 4.51. The maximum Gasteiger partial charge on any atom is 0.358 e. The van der Waals surface area contributed by atoms with Crippen LogP contribution in [0.2, 0.25) is 0 Å². The highest BCUT2D eigenvalue weighted by molar-refractivity contribution is 9.10. The van der Waals surface area contributed by atoms with Gasteiger partial charge in [0, 0.05) is 10.2 Å². The molecule has 0 saturated carbocycles. The highest BCUT2D eigenvalue weighted by atomic mass is 79.9. The number of H-pyrrole nitrogens is 1. The largest absolute Gasteiger partial charge is 0.464 e. The summed E-state index contributed by atoms with van der Waals surface area (Å²) in [6.45, 7) is 1.68. The molecule has 0 amide bonds. The van der Waals surface area contributed by atoms with E-state index in [0.29, 0.717) is 17.1 Å². The number of nitrogens with zero attached hydrogens (tertiary/aromatic N) is 1. The second kappa shape index (κ2) is 4.89. The van der Waals surface area contributed by atoms with Gasteiger partial charge < -0.3 is 9.72 Å². The smallest absolute Gasteiger partial charge is 0.358 e. The molecule has 0 aliphatic heterocycles. The number of aromatic nitrogens is 2. The number of methoxy groups -OCH3 is 1. The van der Waals surface area contributed by atoms with E-state index >= 15 is 0 Å². The monoisotopic (exact) mass is 312 g/mol. The number of halogens is 2. The fourth-order valence-electron chi connectivity index (χ4n) is 1.56. The minimum absolute atomic E-state index is 0.159. The van der Waals surface area contributed by atoms with Crippen molar-refractivity contribution < 1.29 is 13.9 Å². The van der Waals surface area contributed by atoms with Crippen LogP contribution in [0.4, 0.5) is 4.39 Å². The Morgan fingerprint density at radius 1 is 1.50 bits per heavy atom. The van der Waals surface area contributed by atoms with Gasteiger partial charge in [-0.3, -0.25) is 0 Å². The SMILES string of the molecule is COC(=O)c1nc(-c2cc(Br)ccc2F)[nH]c1C. The molecule has 2 aromatic rings. The summed E-state index contributed by atoms with van der Waals surface area (Å²) in [7, 11) is 1.27. The number of carbonyl (C=O) groups excluding carboxylic acids is 1. The zero-order chi connectivity index (χ0) is 13.3. The predicted molar refractivity (Wildman–Crippen MR) is 67.8 cm³/mol. The Morgan fingerprint density at radius 3 is 2.89 bits per heavy atom. The first kappa shape index (κ1) is 12.8. The van der Waals surface area contributed by atoms with Crippen LogP contribution < -0.4 is 0 Å². The van der Waals surface area contributed by atoms with Crippen LogP contribution in [0.15, 0.2) is 22.7 Å². The van der Waals surface area contributed by atoms with Gasteiger partial charge in [0.25, 0.3) is 0 Å². The predicted octanol–water partition coefficient (Wildman–Crippen LogP) is 3.07. The van der Waals surface area contributed by atoms with Gasteiger partial charge in [0.05, 0.1) is 12.7 Å². The van der Waals surface area contributed by atoms with E-state index in [1.54, 1.807) is 19.1 Å². The molecule has 0 aliphatic rings. The lowest BCUT2D eigenvalue weighted by Crippen LogP contribution is -2.03. The summed E-state index contributed by atoms with van der Waals surface area (Å²) in [5, 5.41) is 0. The first-order chi connectivity index (χ1) is 8.52. The molecule has 0 bridgehead atoms. The zero-order valence-electron chi connectivity index (χ0n) is 9.75. The van der Waals surface area contributed by atoms with E-state index in [9.17, 15) is 9.18 Å². The number of aryl methyl sites for hydroxylation is 1. The Bertz CT molecular complexity index is 610. The summed E-state index contributed by atoms with van der Waals surface area (Å²) >= 11 is 3.26. The van der Waals surface area contributed by atoms with Gasteiger partial charge in [0.1, 0.15) is 11.6 Å². The van der Waals surface area contributed by atoms with E-state index in [4.69, 9.17) is 0 Å². The number of benzene rings is 1. The lowest BCUT2D eigenvalue weighted by molar-refractivity contribution is 0.0594. The molecular weight excluding hydrogens is 303 g/mol. The van der Waals surface area contributed by atoms with Crippen molar-refractivity contribution in [3.63, 3.8) is 0 Å². The Labute approximate surface area is 111 Å². The number of esters is 1. The van der Waals surface area contributed by atoms with Crippen molar-refractivity contribution in [2.24, 2.45) is 0 Å². The van der Waals surface area contributed by atoms with Crippen LogP contribution in [0.3, 0.4) is 0 Å². The molecule has 1 heterocycles. The molecule has 1 aromatic heterocycles. The Balaban J connectivity index is 2.52. The molecule has 1 N–H and O–H groups in total. The number of carbonyl (C=O) groups is 1. The van der Waals surface area contributed by atoms with Crippen LogP contribution in [0, 0.1) is 12.7 Å². The topological polar surface area (TPSA) is 55.0 Å². The number of imidazole rings is 1. The number of hydrogen-bond acceptors (Lipinski definition) is 3. The van der Waals surface area contributed by atoms with Crippen LogP contribution in [0.5, 0.6) is 0 Å². The third-order valence-corrected chi connectivity index (χ3v) is 2.94. The molecule has 0 saturated heterocycles. The van der Waals surface area contributed by atoms with Crippen molar-refractivity contribution in [2.75, 3.05) is 7.11 Å². The molecule has 0 atom stereocenters. The zero-order valence-corrected chi connectivity index (χ0v) is 11.3. The highest BCUT2D eigenvalue weighted by Gasteiger charge is 2.17. The van der Waals surface area contributed by atoms with E-state index < -0.39 is 11.8 Å². The van der Waals surface area contributed by atoms with Crippen molar-refractivity contribution in [1.82, 2.24) is 9.97 Å². The first-order valence-electron chi connectivity index (χ1n) is 5.13. The lowest BCUT2D eigenvalue weighted by Gasteiger charge is -1.99. The van der Waals surface area contributed by atoms with E-state index in [1.807, 2.05) is 0 Å². The van der Waals surface area contributed by atoms with Gasteiger partial charge in [-0.1, -0.05) is 15.9 Å². The fourth-order valence-corrected chi connectivity index (χ4v) is 1.92. The number of nitrogens with one attached hydrogen (secondary N) is 1. The van der Waals surface area contributed by atoms with Crippen LogP contribution >= 0.6 is 15.9 Å². The second-order valence-corrected chi connectivity index (χ2v) is 4.59. The number of hydrogen-bond donors (Lipinski definition) is 1. The molecule has 18 heavy (non-hydrogen) atoms. The highest BCUT2D eigenvalue weighted by Crippen LogP contribution is 2.25. The standard InChI is InChI=1S/C12H10BrFN2O2/c1-6-10(12(17)18-2)16-11(15-6)8-5-7(13)3-4-9(8)14/h3-5H,1-2H3,(H,15,16). The van der Waals surface area contributed by atoms with Gasteiger partial charge in [-0.15, -0.1) is 0 Å². The summed E-state index contributed by atoms with van der Waals surface area (Å²) in [5.41, 5.74) is 0.991. The van der Waals surface area contributed by atoms with Gasteiger partial charge in [0.15, 0.2) is 5.69 Å². The van der Waals surface area contributed by atoms with Gasteiger partial charge in [0.2, 0.25) is 0 Å². The normalized spacial score (nSPS) is 10.4. The summed E-state index contributed by atoms with van der Waals surface area (Å²) in [5.74, 6) is -0.666. The van der Waals surface area contributed by atoms with Crippen LogP contribution in [-0.2, 0) is 4.74 Å². The van der Waals surface area contributed by atoms with E-state index in [1.165, 1.54) is 13.2 Å². The minimum Gasteiger partial charge on any atom is -0.464 e. The van der Waals surface area contributed by atoms with Gasteiger partial charge in [-0.05, 0) is 25.1 Å². The molecule has 0 fully saturated rings. The van der Waals surface area contributed by atoms with Crippen molar-refractivity contribution in [2.45, 2.75) is 6.92 Å². The summed E-state index contributed by atoms with van der Waals surface area (Å²) in [4.78, 5) is 18.4. The number of rotatable bonds is 2. The Morgan fingerprint density at radius 2 is 2.22 bits per heavy atom. The maximum atomic E-state index is 13.7. The van der Waals surface area contributed by atoms with E-state index in [-0.39, 0.29) is 5.69 Å².